The Morgan fingerprint density at radius 1 is 1.44 bits per heavy atom. The smallest absolute Gasteiger partial charge is 0.387 e. The van der Waals surface area contributed by atoms with E-state index in [1.165, 1.54) is 12.1 Å². The molecule has 100 valence electrons. The van der Waals surface area contributed by atoms with Gasteiger partial charge in [0.2, 0.25) is 5.91 Å². The number of aliphatic hydroxyl groups excluding tert-OH is 1. The summed E-state index contributed by atoms with van der Waals surface area (Å²) in [5.74, 6) is -0.766. The van der Waals surface area contributed by atoms with Crippen molar-refractivity contribution in [1.29, 1.82) is 0 Å². The minimum Gasteiger partial charge on any atom is -0.387 e. The predicted molar refractivity (Wildman–Crippen MR) is 60.1 cm³/mol. The molecule has 0 saturated carbocycles. The Kier molecular flexibility index (Phi) is 4.98. The lowest BCUT2D eigenvalue weighted by Crippen LogP contribution is -2.29. The summed E-state index contributed by atoms with van der Waals surface area (Å²) < 4.78 is 37.3. The van der Waals surface area contributed by atoms with E-state index in [0.717, 1.165) is 12.1 Å². The van der Waals surface area contributed by atoms with E-state index in [1.807, 2.05) is 0 Å². The van der Waals surface area contributed by atoms with Crippen molar-refractivity contribution in [2.24, 2.45) is 0 Å². The molecule has 1 aromatic rings. The predicted octanol–water partition coefficient (Wildman–Crippen LogP) is 2.09. The highest BCUT2D eigenvalue weighted by Crippen LogP contribution is 2.30. The zero-order chi connectivity index (χ0) is 13.8. The highest BCUT2D eigenvalue weighted by atomic mass is 35.5. The van der Waals surface area contributed by atoms with Crippen molar-refractivity contribution in [3.63, 3.8) is 0 Å². The van der Waals surface area contributed by atoms with Crippen molar-refractivity contribution in [3.05, 3.63) is 35.4 Å². The molecule has 0 aliphatic carbocycles. The molecule has 0 saturated heterocycles. The molecule has 18 heavy (non-hydrogen) atoms. The first-order valence-corrected chi connectivity index (χ1v) is 5.56. The fraction of sp³-hybridized carbons (Fsp3) is 0.364. The molecule has 0 aliphatic rings. The number of aliphatic hydroxyl groups is 1. The van der Waals surface area contributed by atoms with Crippen LogP contribution in [-0.4, -0.2) is 23.4 Å². The minimum absolute atomic E-state index is 0.0831. The van der Waals surface area contributed by atoms with E-state index in [4.69, 9.17) is 11.6 Å². The summed E-state index contributed by atoms with van der Waals surface area (Å²) in [6.45, 7) is -0.188. The van der Waals surface area contributed by atoms with Gasteiger partial charge in [-0.05, 0) is 17.7 Å². The van der Waals surface area contributed by atoms with Gasteiger partial charge in [-0.25, -0.2) is 0 Å². The van der Waals surface area contributed by atoms with E-state index in [1.54, 1.807) is 0 Å². The van der Waals surface area contributed by atoms with Crippen LogP contribution in [0.5, 0.6) is 0 Å². The standard InChI is InChI=1S/C11H11ClF3NO2/c12-5-10(18)16-6-9(17)7-2-1-3-8(4-7)11(13,14)15/h1-4,9,17H,5-6H2,(H,16,18). The molecule has 2 N–H and O–H groups in total. The fourth-order valence-electron chi connectivity index (χ4n) is 1.30. The second kappa shape index (κ2) is 6.06. The molecule has 0 heterocycles. The topological polar surface area (TPSA) is 49.3 Å². The molecule has 0 spiro atoms. The van der Waals surface area contributed by atoms with E-state index < -0.39 is 23.8 Å². The number of benzene rings is 1. The van der Waals surface area contributed by atoms with Gasteiger partial charge < -0.3 is 10.4 Å². The van der Waals surface area contributed by atoms with Crippen LogP contribution < -0.4 is 5.32 Å². The molecule has 0 radical (unpaired) electrons. The molecule has 0 bridgehead atoms. The van der Waals surface area contributed by atoms with E-state index >= 15 is 0 Å². The third-order valence-corrected chi connectivity index (χ3v) is 2.46. The van der Waals surface area contributed by atoms with Gasteiger partial charge in [-0.1, -0.05) is 12.1 Å². The first-order valence-electron chi connectivity index (χ1n) is 5.02. The van der Waals surface area contributed by atoms with Crippen LogP contribution in [0.2, 0.25) is 0 Å². The number of amides is 1. The Labute approximate surface area is 107 Å². The lowest BCUT2D eigenvalue weighted by molar-refractivity contribution is -0.137. The van der Waals surface area contributed by atoms with Crippen LogP contribution in [0.3, 0.4) is 0 Å². The van der Waals surface area contributed by atoms with Crippen molar-refractivity contribution >= 4 is 17.5 Å². The number of carbonyl (C=O) groups is 1. The van der Waals surface area contributed by atoms with E-state index in [-0.39, 0.29) is 18.0 Å². The van der Waals surface area contributed by atoms with Crippen molar-refractivity contribution in [1.82, 2.24) is 5.32 Å². The number of hydrogen-bond acceptors (Lipinski definition) is 2. The normalized spacial score (nSPS) is 13.2. The molecule has 7 heteroatoms. The third kappa shape index (κ3) is 4.19. The summed E-state index contributed by atoms with van der Waals surface area (Å²) >= 11 is 5.22. The lowest BCUT2D eigenvalue weighted by Gasteiger charge is -2.14. The molecule has 1 unspecified atom stereocenters. The van der Waals surface area contributed by atoms with Crippen molar-refractivity contribution in [3.8, 4) is 0 Å². The average Bonchev–Trinajstić information content (AvgIpc) is 2.34. The van der Waals surface area contributed by atoms with Crippen molar-refractivity contribution < 1.29 is 23.1 Å². The van der Waals surface area contributed by atoms with Gasteiger partial charge in [0.25, 0.3) is 0 Å². The van der Waals surface area contributed by atoms with Crippen molar-refractivity contribution in [2.75, 3.05) is 12.4 Å². The molecule has 0 aromatic heterocycles. The molecular weight excluding hydrogens is 271 g/mol. The molecule has 1 atom stereocenters. The van der Waals surface area contributed by atoms with E-state index in [9.17, 15) is 23.1 Å². The molecule has 0 fully saturated rings. The lowest BCUT2D eigenvalue weighted by atomic mass is 10.1. The maximum absolute atomic E-state index is 12.4. The molecule has 1 rings (SSSR count). The van der Waals surface area contributed by atoms with Crippen LogP contribution >= 0.6 is 11.6 Å². The third-order valence-electron chi connectivity index (χ3n) is 2.21. The van der Waals surface area contributed by atoms with Gasteiger partial charge in [0.1, 0.15) is 5.88 Å². The summed E-state index contributed by atoms with van der Waals surface area (Å²) in [4.78, 5) is 10.8. The number of nitrogens with one attached hydrogen (secondary N) is 1. The Morgan fingerprint density at radius 3 is 2.67 bits per heavy atom. The highest BCUT2D eigenvalue weighted by molar-refractivity contribution is 6.27. The summed E-state index contributed by atoms with van der Waals surface area (Å²) in [5.41, 5.74) is -0.762. The molecule has 1 aromatic carbocycles. The Balaban J connectivity index is 2.74. The minimum atomic E-state index is -4.46. The first-order chi connectivity index (χ1) is 8.34. The van der Waals surface area contributed by atoms with Crippen LogP contribution in [0.4, 0.5) is 13.2 Å². The van der Waals surface area contributed by atoms with Crippen LogP contribution in [0.15, 0.2) is 24.3 Å². The summed E-state index contributed by atoms with van der Waals surface area (Å²) in [6.07, 6.45) is -5.67. The zero-order valence-electron chi connectivity index (χ0n) is 9.17. The van der Waals surface area contributed by atoms with Gasteiger partial charge in [-0.3, -0.25) is 4.79 Å². The van der Waals surface area contributed by atoms with Crippen LogP contribution in [0.25, 0.3) is 0 Å². The van der Waals surface area contributed by atoms with Gasteiger partial charge >= 0.3 is 6.18 Å². The number of rotatable bonds is 4. The quantitative estimate of drug-likeness (QED) is 0.831. The molecular formula is C11H11ClF3NO2. The van der Waals surface area contributed by atoms with E-state index in [2.05, 4.69) is 5.32 Å². The van der Waals surface area contributed by atoms with Gasteiger partial charge in [0.05, 0.1) is 11.7 Å². The SMILES string of the molecule is O=C(CCl)NCC(O)c1cccc(C(F)(F)F)c1. The number of hydrogen-bond donors (Lipinski definition) is 2. The van der Waals surface area contributed by atoms with Crippen LogP contribution in [0.1, 0.15) is 17.2 Å². The van der Waals surface area contributed by atoms with Crippen LogP contribution in [0, 0.1) is 0 Å². The van der Waals surface area contributed by atoms with Crippen LogP contribution in [-0.2, 0) is 11.0 Å². The fourth-order valence-corrected chi connectivity index (χ4v) is 1.39. The summed E-state index contributed by atoms with van der Waals surface area (Å²) in [7, 11) is 0. The zero-order valence-corrected chi connectivity index (χ0v) is 9.92. The number of carbonyl (C=O) groups excluding carboxylic acids is 1. The Morgan fingerprint density at radius 2 is 2.11 bits per heavy atom. The number of halogens is 4. The monoisotopic (exact) mass is 281 g/mol. The Bertz CT molecular complexity index is 423. The first kappa shape index (κ1) is 14.8. The molecule has 1 amide bonds. The van der Waals surface area contributed by atoms with Gasteiger partial charge in [-0.15, -0.1) is 11.6 Å². The van der Waals surface area contributed by atoms with Gasteiger partial charge in [0.15, 0.2) is 0 Å². The average molecular weight is 282 g/mol. The Hall–Kier alpha value is -1.27. The number of alkyl halides is 4. The molecule has 3 nitrogen and oxygen atoms in total. The van der Waals surface area contributed by atoms with Gasteiger partial charge in [0, 0.05) is 6.54 Å². The molecule has 0 aliphatic heterocycles. The van der Waals surface area contributed by atoms with Crippen molar-refractivity contribution in [2.45, 2.75) is 12.3 Å². The maximum Gasteiger partial charge on any atom is 0.416 e. The second-order valence-electron chi connectivity index (χ2n) is 3.58. The maximum atomic E-state index is 12.4. The highest BCUT2D eigenvalue weighted by Gasteiger charge is 2.30. The largest absolute Gasteiger partial charge is 0.416 e. The summed E-state index contributed by atoms with van der Waals surface area (Å²) in [5, 5.41) is 11.9. The summed E-state index contributed by atoms with van der Waals surface area (Å²) in [6, 6.07) is 4.31. The second-order valence-corrected chi connectivity index (χ2v) is 3.84. The van der Waals surface area contributed by atoms with Gasteiger partial charge in [-0.2, -0.15) is 13.2 Å². The van der Waals surface area contributed by atoms with E-state index in [0.29, 0.717) is 0 Å².